The van der Waals surface area contributed by atoms with Gasteiger partial charge in [-0.25, -0.2) is 9.97 Å². The van der Waals surface area contributed by atoms with E-state index in [9.17, 15) is 10.1 Å². The Balaban J connectivity index is 2.39. The molecule has 0 saturated heterocycles. The SMILES string of the molecule is Cc1nnc(Sc2ncnc(Cl)c2[N+](=O)[O-])s1. The fourth-order valence-electron chi connectivity index (χ4n) is 0.973. The van der Waals surface area contributed by atoms with Crippen molar-refractivity contribution in [2.45, 2.75) is 16.3 Å². The molecule has 2 heterocycles. The number of hydrogen-bond acceptors (Lipinski definition) is 8. The maximum atomic E-state index is 10.8. The molecule has 88 valence electrons. The quantitative estimate of drug-likeness (QED) is 0.486. The van der Waals surface area contributed by atoms with E-state index in [4.69, 9.17) is 11.6 Å². The molecular formula is C7H4ClN5O2S2. The Hall–Kier alpha value is -1.32. The van der Waals surface area contributed by atoms with Crippen molar-refractivity contribution in [3.8, 4) is 0 Å². The number of nitro groups is 1. The van der Waals surface area contributed by atoms with Crippen molar-refractivity contribution in [3.63, 3.8) is 0 Å². The van der Waals surface area contributed by atoms with Crippen molar-refractivity contribution in [2.24, 2.45) is 0 Å². The number of hydrogen-bond donors (Lipinski definition) is 0. The van der Waals surface area contributed by atoms with Crippen LogP contribution in [0.25, 0.3) is 0 Å². The van der Waals surface area contributed by atoms with E-state index >= 15 is 0 Å². The van der Waals surface area contributed by atoms with Gasteiger partial charge < -0.3 is 0 Å². The molecule has 0 aliphatic heterocycles. The maximum Gasteiger partial charge on any atom is 0.338 e. The first-order valence-electron chi connectivity index (χ1n) is 4.21. The van der Waals surface area contributed by atoms with Crippen LogP contribution in [0, 0.1) is 17.0 Å². The van der Waals surface area contributed by atoms with E-state index in [1.165, 1.54) is 17.7 Å². The van der Waals surface area contributed by atoms with Crippen LogP contribution in [0.15, 0.2) is 15.7 Å². The Bertz CT molecular complexity index is 575. The molecule has 0 spiro atoms. The van der Waals surface area contributed by atoms with Crippen LogP contribution < -0.4 is 0 Å². The van der Waals surface area contributed by atoms with Crippen molar-refractivity contribution in [1.29, 1.82) is 0 Å². The summed E-state index contributed by atoms with van der Waals surface area (Å²) in [5.74, 6) is 0. The van der Waals surface area contributed by atoms with Gasteiger partial charge in [0.1, 0.15) is 11.3 Å². The summed E-state index contributed by atoms with van der Waals surface area (Å²) >= 11 is 8.03. The van der Waals surface area contributed by atoms with Gasteiger partial charge in [0, 0.05) is 0 Å². The van der Waals surface area contributed by atoms with Crippen LogP contribution >= 0.6 is 34.7 Å². The third-order valence-electron chi connectivity index (χ3n) is 1.62. The van der Waals surface area contributed by atoms with Gasteiger partial charge in [-0.3, -0.25) is 10.1 Å². The minimum absolute atomic E-state index is 0.158. The number of aromatic nitrogens is 4. The second-order valence-corrected chi connectivity index (χ2v) is 5.54. The summed E-state index contributed by atoms with van der Waals surface area (Å²) in [6.45, 7) is 1.79. The molecule has 0 saturated carbocycles. The molecule has 2 aromatic rings. The zero-order valence-electron chi connectivity index (χ0n) is 8.32. The van der Waals surface area contributed by atoms with E-state index in [2.05, 4.69) is 20.2 Å². The largest absolute Gasteiger partial charge is 0.338 e. The Morgan fingerprint density at radius 3 is 2.82 bits per heavy atom. The minimum atomic E-state index is -0.613. The number of rotatable bonds is 3. The normalized spacial score (nSPS) is 10.5. The Morgan fingerprint density at radius 1 is 1.47 bits per heavy atom. The summed E-state index contributed by atoms with van der Waals surface area (Å²) in [6, 6.07) is 0. The highest BCUT2D eigenvalue weighted by atomic mass is 35.5. The van der Waals surface area contributed by atoms with Crippen LogP contribution in [0.1, 0.15) is 5.01 Å². The van der Waals surface area contributed by atoms with Crippen molar-refractivity contribution in [1.82, 2.24) is 20.2 Å². The first-order chi connectivity index (χ1) is 8.08. The number of aryl methyl sites for hydroxylation is 1. The predicted molar refractivity (Wildman–Crippen MR) is 62.5 cm³/mol. The highest BCUT2D eigenvalue weighted by Crippen LogP contribution is 2.36. The van der Waals surface area contributed by atoms with Crippen molar-refractivity contribution < 1.29 is 4.92 Å². The highest BCUT2D eigenvalue weighted by Gasteiger charge is 2.23. The van der Waals surface area contributed by atoms with Gasteiger partial charge in [-0.15, -0.1) is 10.2 Å². The Labute approximate surface area is 108 Å². The van der Waals surface area contributed by atoms with E-state index in [1.54, 1.807) is 6.92 Å². The molecule has 0 atom stereocenters. The molecule has 0 N–H and O–H groups in total. The molecule has 0 aliphatic rings. The fourth-order valence-corrected chi connectivity index (χ4v) is 3.03. The van der Waals surface area contributed by atoms with E-state index in [1.807, 2.05) is 0 Å². The molecule has 0 unspecified atom stereocenters. The molecule has 0 bridgehead atoms. The molecule has 0 aromatic carbocycles. The van der Waals surface area contributed by atoms with Crippen LogP contribution in [0.3, 0.4) is 0 Å². The lowest BCUT2D eigenvalue weighted by Crippen LogP contribution is -1.96. The molecule has 0 radical (unpaired) electrons. The third-order valence-corrected chi connectivity index (χ3v) is 3.78. The molecule has 0 amide bonds. The molecule has 10 heteroatoms. The van der Waals surface area contributed by atoms with Crippen LogP contribution in [-0.4, -0.2) is 25.1 Å². The zero-order valence-corrected chi connectivity index (χ0v) is 10.7. The third kappa shape index (κ3) is 2.68. The molecule has 7 nitrogen and oxygen atoms in total. The van der Waals surface area contributed by atoms with E-state index < -0.39 is 4.92 Å². The van der Waals surface area contributed by atoms with E-state index in [0.717, 1.165) is 16.8 Å². The molecule has 0 aliphatic carbocycles. The van der Waals surface area contributed by atoms with Gasteiger partial charge >= 0.3 is 5.69 Å². The molecular weight excluding hydrogens is 286 g/mol. The number of nitrogens with zero attached hydrogens (tertiary/aromatic N) is 5. The van der Waals surface area contributed by atoms with Gasteiger partial charge in [-0.05, 0) is 18.7 Å². The molecule has 2 rings (SSSR count). The molecule has 2 aromatic heterocycles. The topological polar surface area (TPSA) is 94.7 Å². The van der Waals surface area contributed by atoms with Gasteiger partial charge in [0.15, 0.2) is 9.37 Å². The summed E-state index contributed by atoms with van der Waals surface area (Å²) < 4.78 is 0.570. The smallest absolute Gasteiger partial charge is 0.258 e. The first kappa shape index (κ1) is 12.1. The first-order valence-corrected chi connectivity index (χ1v) is 6.22. The summed E-state index contributed by atoms with van der Waals surface area (Å²) in [5, 5.41) is 19.2. The van der Waals surface area contributed by atoms with E-state index in [-0.39, 0.29) is 15.9 Å². The summed E-state index contributed by atoms with van der Waals surface area (Å²) in [4.78, 5) is 17.6. The second kappa shape index (κ2) is 4.90. The lowest BCUT2D eigenvalue weighted by atomic mass is 10.5. The van der Waals surface area contributed by atoms with Crippen LogP contribution in [0.4, 0.5) is 5.69 Å². The average molecular weight is 290 g/mol. The van der Waals surface area contributed by atoms with Crippen LogP contribution in [0.5, 0.6) is 0 Å². The van der Waals surface area contributed by atoms with Crippen molar-refractivity contribution in [3.05, 3.63) is 26.6 Å². The van der Waals surface area contributed by atoms with Crippen LogP contribution in [-0.2, 0) is 0 Å². The fraction of sp³-hybridized carbons (Fsp3) is 0.143. The highest BCUT2D eigenvalue weighted by molar-refractivity contribution is 8.01. The van der Waals surface area contributed by atoms with Gasteiger partial charge in [0.05, 0.1) is 4.92 Å². The lowest BCUT2D eigenvalue weighted by molar-refractivity contribution is -0.388. The summed E-state index contributed by atoms with van der Waals surface area (Å²) in [5.41, 5.74) is -0.313. The average Bonchev–Trinajstić information content (AvgIpc) is 2.63. The maximum absolute atomic E-state index is 10.8. The lowest BCUT2D eigenvalue weighted by Gasteiger charge is -1.98. The zero-order chi connectivity index (χ0) is 12.4. The summed E-state index contributed by atoms with van der Waals surface area (Å²) in [7, 11) is 0. The second-order valence-electron chi connectivity index (χ2n) is 2.76. The monoisotopic (exact) mass is 289 g/mol. The Morgan fingerprint density at radius 2 is 2.24 bits per heavy atom. The van der Waals surface area contributed by atoms with Crippen molar-refractivity contribution >= 4 is 40.4 Å². The van der Waals surface area contributed by atoms with Crippen molar-refractivity contribution in [2.75, 3.05) is 0 Å². The van der Waals surface area contributed by atoms with Gasteiger partial charge in [0.2, 0.25) is 5.15 Å². The van der Waals surface area contributed by atoms with Gasteiger partial charge in [0.25, 0.3) is 0 Å². The van der Waals surface area contributed by atoms with E-state index in [0.29, 0.717) is 4.34 Å². The predicted octanol–water partition coefficient (Wildman–Crippen LogP) is 2.35. The van der Waals surface area contributed by atoms with Gasteiger partial charge in [-0.2, -0.15) is 0 Å². The van der Waals surface area contributed by atoms with Gasteiger partial charge in [-0.1, -0.05) is 22.9 Å². The molecule has 17 heavy (non-hydrogen) atoms. The summed E-state index contributed by atoms with van der Waals surface area (Å²) in [6.07, 6.45) is 1.17. The number of halogens is 1. The minimum Gasteiger partial charge on any atom is -0.258 e. The Kier molecular flexibility index (Phi) is 3.50. The standard InChI is InChI=1S/C7H4ClN5O2S2/c1-3-11-12-7(16-3)17-6-4(13(14)15)5(8)9-2-10-6/h2H,1H3. The van der Waals surface area contributed by atoms with Crippen LogP contribution in [0.2, 0.25) is 5.15 Å². The molecule has 0 fully saturated rings.